The zero-order valence-corrected chi connectivity index (χ0v) is 15.4. The van der Waals surface area contributed by atoms with Crippen LogP contribution in [-0.2, 0) is 13.0 Å². The standard InChI is InChI=1S/C19H29N5O/c1-4-20-19(22-14-16(2)15-24-13-7-11-23-24)21-12-10-17-8-5-6-9-18(17)25-3/h5-9,11,13,16H,4,10,12,14-15H2,1-3H3,(H2,20,21,22). The first-order valence-electron chi connectivity index (χ1n) is 8.84. The normalized spacial score (nSPS) is 12.7. The van der Waals surface area contributed by atoms with Crippen molar-refractivity contribution in [3.05, 3.63) is 48.3 Å². The lowest BCUT2D eigenvalue weighted by atomic mass is 10.1. The molecular weight excluding hydrogens is 314 g/mol. The van der Waals surface area contributed by atoms with Crippen LogP contribution in [0.5, 0.6) is 5.75 Å². The maximum absolute atomic E-state index is 5.40. The molecule has 0 aliphatic heterocycles. The van der Waals surface area contributed by atoms with Crippen molar-refractivity contribution >= 4 is 5.96 Å². The minimum atomic E-state index is 0.421. The Morgan fingerprint density at radius 2 is 2.12 bits per heavy atom. The summed E-state index contributed by atoms with van der Waals surface area (Å²) in [4.78, 5) is 4.69. The van der Waals surface area contributed by atoms with Gasteiger partial charge < -0.3 is 15.4 Å². The van der Waals surface area contributed by atoms with Crippen molar-refractivity contribution in [2.75, 3.05) is 26.7 Å². The van der Waals surface area contributed by atoms with Gasteiger partial charge >= 0.3 is 0 Å². The van der Waals surface area contributed by atoms with Gasteiger partial charge in [-0.05, 0) is 37.0 Å². The molecule has 0 radical (unpaired) electrons. The van der Waals surface area contributed by atoms with Gasteiger partial charge in [0.15, 0.2) is 5.96 Å². The third-order valence-corrected chi connectivity index (χ3v) is 3.84. The molecule has 0 aliphatic carbocycles. The molecule has 0 aliphatic rings. The van der Waals surface area contributed by atoms with E-state index in [-0.39, 0.29) is 0 Å². The highest BCUT2D eigenvalue weighted by Gasteiger charge is 2.05. The van der Waals surface area contributed by atoms with Crippen LogP contribution in [0.2, 0.25) is 0 Å². The highest BCUT2D eigenvalue weighted by molar-refractivity contribution is 5.79. The van der Waals surface area contributed by atoms with Gasteiger partial charge in [0, 0.05) is 38.6 Å². The van der Waals surface area contributed by atoms with Gasteiger partial charge in [-0.3, -0.25) is 9.67 Å². The Kier molecular flexibility index (Phi) is 7.82. The number of para-hydroxylation sites is 1. The van der Waals surface area contributed by atoms with Gasteiger partial charge in [0.1, 0.15) is 5.75 Å². The Hall–Kier alpha value is -2.50. The molecule has 136 valence electrons. The molecule has 1 aromatic carbocycles. The van der Waals surface area contributed by atoms with E-state index in [1.807, 2.05) is 35.1 Å². The van der Waals surface area contributed by atoms with Crippen LogP contribution in [-0.4, -0.2) is 42.5 Å². The average Bonchev–Trinajstić information content (AvgIpc) is 3.13. The summed E-state index contributed by atoms with van der Waals surface area (Å²) >= 11 is 0. The Morgan fingerprint density at radius 3 is 2.84 bits per heavy atom. The molecule has 6 nitrogen and oxygen atoms in total. The highest BCUT2D eigenvalue weighted by atomic mass is 16.5. The second kappa shape index (κ2) is 10.4. The molecule has 0 bridgehead atoms. The topological polar surface area (TPSA) is 63.5 Å². The molecule has 1 atom stereocenters. The van der Waals surface area contributed by atoms with Gasteiger partial charge in [-0.15, -0.1) is 0 Å². The van der Waals surface area contributed by atoms with Gasteiger partial charge in [-0.2, -0.15) is 5.10 Å². The van der Waals surface area contributed by atoms with E-state index in [1.54, 1.807) is 13.3 Å². The first kappa shape index (κ1) is 18.8. The maximum Gasteiger partial charge on any atom is 0.191 e. The van der Waals surface area contributed by atoms with Crippen molar-refractivity contribution in [3.8, 4) is 5.75 Å². The third kappa shape index (κ3) is 6.49. The van der Waals surface area contributed by atoms with E-state index in [2.05, 4.69) is 40.6 Å². The smallest absolute Gasteiger partial charge is 0.191 e. The molecule has 25 heavy (non-hydrogen) atoms. The largest absolute Gasteiger partial charge is 0.496 e. The summed E-state index contributed by atoms with van der Waals surface area (Å²) < 4.78 is 7.34. The maximum atomic E-state index is 5.40. The van der Waals surface area contributed by atoms with Crippen molar-refractivity contribution < 1.29 is 4.74 Å². The molecule has 0 amide bonds. The molecule has 0 saturated heterocycles. The van der Waals surface area contributed by atoms with Crippen LogP contribution in [0.3, 0.4) is 0 Å². The number of aliphatic imine (C=N–C) groups is 1. The lowest BCUT2D eigenvalue weighted by Gasteiger charge is -2.14. The van der Waals surface area contributed by atoms with Crippen molar-refractivity contribution in [1.29, 1.82) is 0 Å². The van der Waals surface area contributed by atoms with Gasteiger partial charge in [-0.1, -0.05) is 25.1 Å². The summed E-state index contributed by atoms with van der Waals surface area (Å²) in [6.45, 7) is 7.53. The van der Waals surface area contributed by atoms with Crippen LogP contribution < -0.4 is 15.4 Å². The summed E-state index contributed by atoms with van der Waals surface area (Å²) in [5.74, 6) is 2.20. The van der Waals surface area contributed by atoms with Gasteiger partial charge in [-0.25, -0.2) is 0 Å². The minimum absolute atomic E-state index is 0.421. The second-order valence-electron chi connectivity index (χ2n) is 6.04. The molecule has 6 heteroatoms. The number of rotatable bonds is 9. The number of benzene rings is 1. The fourth-order valence-corrected chi connectivity index (χ4v) is 2.60. The number of nitrogens with zero attached hydrogens (tertiary/aromatic N) is 3. The molecule has 1 aromatic heterocycles. The monoisotopic (exact) mass is 343 g/mol. The molecule has 2 aromatic rings. The number of aromatic nitrogens is 2. The molecule has 2 N–H and O–H groups in total. The lowest BCUT2D eigenvalue weighted by molar-refractivity contribution is 0.409. The zero-order valence-electron chi connectivity index (χ0n) is 15.4. The molecule has 1 heterocycles. The quantitative estimate of drug-likeness (QED) is 0.542. The third-order valence-electron chi connectivity index (χ3n) is 3.84. The summed E-state index contributed by atoms with van der Waals surface area (Å²) in [6, 6.07) is 10.1. The number of guanidine groups is 1. The number of ether oxygens (including phenoxy) is 1. The SMILES string of the molecule is CCNC(=NCC(C)Cn1cccn1)NCCc1ccccc1OC. The number of nitrogens with one attached hydrogen (secondary N) is 2. The second-order valence-corrected chi connectivity index (χ2v) is 6.04. The molecule has 2 rings (SSSR count). The number of hydrogen-bond donors (Lipinski definition) is 2. The van der Waals surface area contributed by atoms with E-state index >= 15 is 0 Å². The summed E-state index contributed by atoms with van der Waals surface area (Å²) in [6.07, 6.45) is 4.67. The van der Waals surface area contributed by atoms with E-state index in [0.29, 0.717) is 5.92 Å². The molecule has 0 fully saturated rings. The molecular formula is C19H29N5O. The number of hydrogen-bond acceptors (Lipinski definition) is 3. The molecule has 0 spiro atoms. The van der Waals surface area contributed by atoms with E-state index in [0.717, 1.165) is 44.3 Å². The highest BCUT2D eigenvalue weighted by Crippen LogP contribution is 2.17. The Balaban J connectivity index is 1.82. The summed E-state index contributed by atoms with van der Waals surface area (Å²) in [5.41, 5.74) is 1.19. The van der Waals surface area contributed by atoms with E-state index < -0.39 is 0 Å². The minimum Gasteiger partial charge on any atom is -0.496 e. The van der Waals surface area contributed by atoms with Gasteiger partial charge in [0.05, 0.1) is 7.11 Å². The van der Waals surface area contributed by atoms with Crippen LogP contribution in [0.1, 0.15) is 19.4 Å². The van der Waals surface area contributed by atoms with Crippen LogP contribution in [0.25, 0.3) is 0 Å². The lowest BCUT2D eigenvalue weighted by Crippen LogP contribution is -2.38. The van der Waals surface area contributed by atoms with Crippen molar-refractivity contribution in [2.24, 2.45) is 10.9 Å². The first-order valence-corrected chi connectivity index (χ1v) is 8.84. The summed E-state index contributed by atoms with van der Waals surface area (Å²) in [5, 5.41) is 10.9. The summed E-state index contributed by atoms with van der Waals surface area (Å²) in [7, 11) is 1.71. The van der Waals surface area contributed by atoms with Crippen LogP contribution >= 0.6 is 0 Å². The van der Waals surface area contributed by atoms with Crippen LogP contribution in [0.4, 0.5) is 0 Å². The predicted molar refractivity (Wildman–Crippen MR) is 102 cm³/mol. The van der Waals surface area contributed by atoms with E-state index in [4.69, 9.17) is 4.74 Å². The average molecular weight is 343 g/mol. The number of methoxy groups -OCH3 is 1. The molecule has 1 unspecified atom stereocenters. The fourth-order valence-electron chi connectivity index (χ4n) is 2.60. The van der Waals surface area contributed by atoms with Crippen LogP contribution in [0, 0.1) is 5.92 Å². The predicted octanol–water partition coefficient (Wildman–Crippen LogP) is 2.33. The van der Waals surface area contributed by atoms with Gasteiger partial charge in [0.2, 0.25) is 0 Å². The van der Waals surface area contributed by atoms with Crippen molar-refractivity contribution in [1.82, 2.24) is 20.4 Å². The van der Waals surface area contributed by atoms with Crippen molar-refractivity contribution in [3.63, 3.8) is 0 Å². The van der Waals surface area contributed by atoms with Crippen LogP contribution in [0.15, 0.2) is 47.7 Å². The Bertz CT molecular complexity index is 639. The first-order chi connectivity index (χ1) is 12.2. The van der Waals surface area contributed by atoms with Crippen molar-refractivity contribution in [2.45, 2.75) is 26.8 Å². The Morgan fingerprint density at radius 1 is 1.28 bits per heavy atom. The Labute approximate surface area is 150 Å². The zero-order chi connectivity index (χ0) is 17.9. The fraction of sp³-hybridized carbons (Fsp3) is 0.474. The molecule has 0 saturated carbocycles. The van der Waals surface area contributed by atoms with E-state index in [1.165, 1.54) is 5.56 Å². The van der Waals surface area contributed by atoms with E-state index in [9.17, 15) is 0 Å². The van der Waals surface area contributed by atoms with Gasteiger partial charge in [0.25, 0.3) is 0 Å².